The van der Waals surface area contributed by atoms with Crippen LogP contribution in [0.3, 0.4) is 0 Å². The molecule has 2 heterocycles. The predicted octanol–water partition coefficient (Wildman–Crippen LogP) is -0.270. The molecule has 0 saturated heterocycles. The van der Waals surface area contributed by atoms with Crippen molar-refractivity contribution in [1.29, 1.82) is 0 Å². The highest BCUT2D eigenvalue weighted by atomic mass is 16.5. The maximum absolute atomic E-state index is 11.6. The lowest BCUT2D eigenvalue weighted by atomic mass is 10.2. The molecular formula is C10H10N4O3. The van der Waals surface area contributed by atoms with E-state index in [9.17, 15) is 9.59 Å². The third-order valence-corrected chi connectivity index (χ3v) is 2.09. The second kappa shape index (κ2) is 5.06. The summed E-state index contributed by atoms with van der Waals surface area (Å²) in [7, 11) is 0. The van der Waals surface area contributed by atoms with Crippen LogP contribution in [0, 0.1) is 0 Å². The number of carbonyl (C=O) groups excluding carboxylic acids is 1. The van der Waals surface area contributed by atoms with Gasteiger partial charge in [-0.2, -0.15) is 4.98 Å². The summed E-state index contributed by atoms with van der Waals surface area (Å²) in [5.74, 6) is 0.275. The summed E-state index contributed by atoms with van der Waals surface area (Å²) in [4.78, 5) is 28.6. The fourth-order valence-electron chi connectivity index (χ4n) is 1.24. The molecule has 0 atom stereocenters. The summed E-state index contributed by atoms with van der Waals surface area (Å²) >= 11 is 0. The number of amides is 1. The number of nitrogens with zero attached hydrogens (tertiary/aromatic N) is 2. The monoisotopic (exact) mass is 234 g/mol. The van der Waals surface area contributed by atoms with Crippen molar-refractivity contribution in [3.05, 3.63) is 46.5 Å². The number of carbonyl (C=O) groups is 1. The lowest BCUT2D eigenvalue weighted by molar-refractivity contribution is 0.0953. The van der Waals surface area contributed by atoms with Crippen molar-refractivity contribution < 1.29 is 9.32 Å². The Hall–Kier alpha value is -2.44. The van der Waals surface area contributed by atoms with Crippen LogP contribution in [-0.2, 0) is 6.42 Å². The smallest absolute Gasteiger partial charge is 0.252 e. The Bertz CT molecular complexity index is 526. The fourth-order valence-corrected chi connectivity index (χ4v) is 1.24. The van der Waals surface area contributed by atoms with Crippen molar-refractivity contribution in [2.75, 3.05) is 6.54 Å². The largest absolute Gasteiger partial charge is 0.352 e. The molecule has 88 valence electrons. The van der Waals surface area contributed by atoms with Crippen LogP contribution in [0.5, 0.6) is 0 Å². The lowest BCUT2D eigenvalue weighted by Crippen LogP contribution is -2.26. The normalized spacial score (nSPS) is 10.1. The first kappa shape index (κ1) is 11.1. The molecule has 0 unspecified atom stereocenters. The predicted molar refractivity (Wildman–Crippen MR) is 57.4 cm³/mol. The average Bonchev–Trinajstić information content (AvgIpc) is 2.83. The molecule has 0 aliphatic rings. The summed E-state index contributed by atoms with van der Waals surface area (Å²) in [5.41, 5.74) is 0.158. The van der Waals surface area contributed by atoms with Crippen molar-refractivity contribution in [3.8, 4) is 0 Å². The highest BCUT2D eigenvalue weighted by Gasteiger charge is 2.05. The summed E-state index contributed by atoms with van der Waals surface area (Å²) in [6.45, 7) is 0.400. The first-order chi connectivity index (χ1) is 8.25. The number of aromatic nitrogens is 3. The van der Waals surface area contributed by atoms with Gasteiger partial charge in [-0.3, -0.25) is 9.59 Å². The molecule has 0 spiro atoms. The number of aromatic amines is 1. The molecule has 0 saturated carbocycles. The second-order valence-electron chi connectivity index (χ2n) is 3.29. The minimum Gasteiger partial charge on any atom is -0.352 e. The Morgan fingerprint density at radius 2 is 2.35 bits per heavy atom. The van der Waals surface area contributed by atoms with Crippen LogP contribution in [0.1, 0.15) is 16.2 Å². The van der Waals surface area contributed by atoms with E-state index in [0.29, 0.717) is 24.4 Å². The van der Waals surface area contributed by atoms with Gasteiger partial charge in [0.05, 0.1) is 5.56 Å². The molecule has 17 heavy (non-hydrogen) atoms. The third kappa shape index (κ3) is 3.00. The van der Waals surface area contributed by atoms with Crippen LogP contribution in [0.4, 0.5) is 0 Å². The number of pyridine rings is 1. The van der Waals surface area contributed by atoms with Crippen LogP contribution in [-0.4, -0.2) is 27.6 Å². The first-order valence-corrected chi connectivity index (χ1v) is 4.98. The van der Waals surface area contributed by atoms with E-state index in [0.717, 1.165) is 0 Å². The molecule has 0 aromatic carbocycles. The Morgan fingerprint density at radius 3 is 3.00 bits per heavy atom. The van der Waals surface area contributed by atoms with Gasteiger partial charge in [0.25, 0.3) is 5.91 Å². The maximum atomic E-state index is 11.6. The van der Waals surface area contributed by atoms with Gasteiger partial charge in [-0.05, 0) is 6.07 Å². The van der Waals surface area contributed by atoms with Gasteiger partial charge in [0, 0.05) is 25.2 Å². The van der Waals surface area contributed by atoms with Crippen LogP contribution in [0.15, 0.2) is 34.0 Å². The highest BCUT2D eigenvalue weighted by Crippen LogP contribution is 1.93. The number of nitrogens with one attached hydrogen (secondary N) is 2. The standard InChI is InChI=1S/C10H10N4O3/c15-9-2-1-7(5-12-9)10(16)11-4-3-8-13-6-17-14-8/h1-2,5-6H,3-4H2,(H,11,16)(H,12,15). The molecule has 0 bridgehead atoms. The van der Waals surface area contributed by atoms with Crippen molar-refractivity contribution in [2.24, 2.45) is 0 Å². The summed E-state index contributed by atoms with van der Waals surface area (Å²) in [6, 6.07) is 2.76. The first-order valence-electron chi connectivity index (χ1n) is 4.98. The molecule has 7 heteroatoms. The van der Waals surface area contributed by atoms with Gasteiger partial charge in [-0.15, -0.1) is 0 Å². The quantitative estimate of drug-likeness (QED) is 0.758. The molecule has 2 rings (SSSR count). The minimum absolute atomic E-state index is 0.242. The zero-order valence-electron chi connectivity index (χ0n) is 8.84. The number of rotatable bonds is 4. The van der Waals surface area contributed by atoms with E-state index < -0.39 is 0 Å². The number of hydrogen-bond acceptors (Lipinski definition) is 5. The van der Waals surface area contributed by atoms with E-state index in [4.69, 9.17) is 0 Å². The average molecular weight is 234 g/mol. The van der Waals surface area contributed by atoms with E-state index >= 15 is 0 Å². The molecule has 0 radical (unpaired) electrons. The van der Waals surface area contributed by atoms with Crippen LogP contribution < -0.4 is 10.9 Å². The van der Waals surface area contributed by atoms with Gasteiger partial charge in [0.2, 0.25) is 12.0 Å². The molecule has 0 fully saturated rings. The lowest BCUT2D eigenvalue weighted by Gasteiger charge is -2.02. The van der Waals surface area contributed by atoms with Crippen LogP contribution in [0.25, 0.3) is 0 Å². The molecule has 2 aromatic rings. The van der Waals surface area contributed by atoms with Crippen molar-refractivity contribution >= 4 is 5.91 Å². The Morgan fingerprint density at radius 1 is 1.47 bits per heavy atom. The SMILES string of the molecule is O=C(NCCc1ncon1)c1ccc(=O)[nH]c1. The minimum atomic E-state index is -0.259. The highest BCUT2D eigenvalue weighted by molar-refractivity contribution is 5.93. The van der Waals surface area contributed by atoms with Gasteiger partial charge in [0.1, 0.15) is 0 Å². The second-order valence-corrected chi connectivity index (χ2v) is 3.29. The van der Waals surface area contributed by atoms with E-state index in [1.807, 2.05) is 0 Å². The van der Waals surface area contributed by atoms with Crippen molar-refractivity contribution in [1.82, 2.24) is 20.4 Å². The maximum Gasteiger partial charge on any atom is 0.252 e. The Kier molecular flexibility index (Phi) is 3.29. The Labute approximate surface area is 95.9 Å². The molecule has 0 aliphatic carbocycles. The van der Waals surface area contributed by atoms with Crippen LogP contribution in [0.2, 0.25) is 0 Å². The molecule has 2 N–H and O–H groups in total. The van der Waals surface area contributed by atoms with E-state index in [2.05, 4.69) is 25.0 Å². The third-order valence-electron chi connectivity index (χ3n) is 2.09. The summed E-state index contributed by atoms with van der Waals surface area (Å²) < 4.78 is 4.56. The van der Waals surface area contributed by atoms with Gasteiger partial charge in [-0.25, -0.2) is 0 Å². The molecule has 1 amide bonds. The fraction of sp³-hybridized carbons (Fsp3) is 0.200. The van der Waals surface area contributed by atoms with Crippen molar-refractivity contribution in [2.45, 2.75) is 6.42 Å². The van der Waals surface area contributed by atoms with E-state index in [1.165, 1.54) is 24.7 Å². The number of hydrogen-bond donors (Lipinski definition) is 2. The number of H-pyrrole nitrogens is 1. The van der Waals surface area contributed by atoms with Crippen molar-refractivity contribution in [3.63, 3.8) is 0 Å². The Balaban J connectivity index is 1.85. The zero-order valence-corrected chi connectivity index (χ0v) is 8.84. The van der Waals surface area contributed by atoms with Gasteiger partial charge in [0.15, 0.2) is 5.82 Å². The van der Waals surface area contributed by atoms with Gasteiger partial charge in [-0.1, -0.05) is 5.16 Å². The zero-order chi connectivity index (χ0) is 12.1. The summed E-state index contributed by atoms with van der Waals surface area (Å²) in [6.07, 6.45) is 3.09. The topological polar surface area (TPSA) is 101 Å². The van der Waals surface area contributed by atoms with E-state index in [-0.39, 0.29) is 11.5 Å². The molecule has 2 aromatic heterocycles. The van der Waals surface area contributed by atoms with Gasteiger partial charge >= 0.3 is 0 Å². The van der Waals surface area contributed by atoms with E-state index in [1.54, 1.807) is 0 Å². The molecular weight excluding hydrogens is 224 g/mol. The van der Waals surface area contributed by atoms with Crippen LogP contribution >= 0.6 is 0 Å². The van der Waals surface area contributed by atoms with Gasteiger partial charge < -0.3 is 14.8 Å². The summed E-state index contributed by atoms with van der Waals surface area (Å²) in [5, 5.41) is 6.29. The molecule has 7 nitrogen and oxygen atoms in total. The molecule has 0 aliphatic heterocycles.